The lowest BCUT2D eigenvalue weighted by Crippen LogP contribution is -2.56. The van der Waals surface area contributed by atoms with Gasteiger partial charge in [-0.15, -0.1) is 24.0 Å². The first-order valence-electron chi connectivity index (χ1n) is 10.5. The molecule has 2 amide bonds. The summed E-state index contributed by atoms with van der Waals surface area (Å²) in [4.78, 5) is 34.6. The summed E-state index contributed by atoms with van der Waals surface area (Å²) in [6.07, 6.45) is 9.88. The van der Waals surface area contributed by atoms with Crippen LogP contribution in [0.5, 0.6) is 0 Å². The van der Waals surface area contributed by atoms with E-state index in [-0.39, 0.29) is 48.9 Å². The van der Waals surface area contributed by atoms with Gasteiger partial charge in [-0.25, -0.2) is 4.99 Å². The van der Waals surface area contributed by atoms with Crippen molar-refractivity contribution in [3.63, 3.8) is 0 Å². The number of piperazine rings is 1. The number of carbonyl (C=O) groups excluding carboxylic acids is 2. The summed E-state index contributed by atoms with van der Waals surface area (Å²) in [6.45, 7) is 2.38. The Bertz CT molecular complexity index is 743. The predicted molar refractivity (Wildman–Crippen MR) is 128 cm³/mol. The van der Waals surface area contributed by atoms with Crippen LogP contribution in [-0.4, -0.2) is 84.2 Å². The molecule has 1 saturated heterocycles. The summed E-state index contributed by atoms with van der Waals surface area (Å²) >= 11 is 0. The number of halogens is 1. The molecule has 10 heteroatoms. The molecule has 0 atom stereocenters. The van der Waals surface area contributed by atoms with Crippen LogP contribution in [0.25, 0.3) is 0 Å². The van der Waals surface area contributed by atoms with Crippen molar-refractivity contribution in [2.45, 2.75) is 32.1 Å². The van der Waals surface area contributed by atoms with Gasteiger partial charge >= 0.3 is 0 Å². The number of guanidine groups is 1. The second kappa shape index (κ2) is 11.5. The van der Waals surface area contributed by atoms with Gasteiger partial charge in [-0.05, 0) is 18.8 Å². The summed E-state index contributed by atoms with van der Waals surface area (Å²) in [5.41, 5.74) is 0.814. The third-order valence-corrected chi connectivity index (χ3v) is 5.66. The zero-order chi connectivity index (χ0) is 20.8. The molecule has 1 aromatic heterocycles. The standard InChI is InChI=1S/C20H33N7O2.HI/c1-24(2)18(28)13-22-20(21-11-16-7-5-4-6-8-16)26-9-10-27(19(29)15-26)17-12-23-25(3)14-17;/h12,14,16H,4-11,13,15H2,1-3H3,(H,21,22);1H. The van der Waals surface area contributed by atoms with E-state index in [1.54, 1.807) is 29.9 Å². The number of hydrogen-bond acceptors (Lipinski definition) is 4. The van der Waals surface area contributed by atoms with Crippen molar-refractivity contribution in [3.8, 4) is 0 Å². The highest BCUT2D eigenvalue weighted by Gasteiger charge is 2.28. The molecule has 2 heterocycles. The second-order valence-corrected chi connectivity index (χ2v) is 8.15. The fraction of sp³-hybridized carbons (Fsp3) is 0.700. The van der Waals surface area contributed by atoms with Gasteiger partial charge < -0.3 is 20.0 Å². The lowest BCUT2D eigenvalue weighted by atomic mass is 9.89. The van der Waals surface area contributed by atoms with Crippen LogP contribution >= 0.6 is 24.0 Å². The number of aliphatic imine (C=N–C) groups is 1. The Hall–Kier alpha value is -1.85. The minimum atomic E-state index is -0.0534. The van der Waals surface area contributed by atoms with E-state index in [0.29, 0.717) is 25.0 Å². The molecule has 0 spiro atoms. The van der Waals surface area contributed by atoms with Crippen molar-refractivity contribution in [2.24, 2.45) is 18.0 Å². The number of nitrogens with zero attached hydrogens (tertiary/aromatic N) is 6. The highest BCUT2D eigenvalue weighted by Crippen LogP contribution is 2.23. The van der Waals surface area contributed by atoms with Crippen molar-refractivity contribution in [1.82, 2.24) is 24.9 Å². The van der Waals surface area contributed by atoms with Gasteiger partial charge in [0.25, 0.3) is 0 Å². The Morgan fingerprint density at radius 3 is 2.60 bits per heavy atom. The van der Waals surface area contributed by atoms with Gasteiger partial charge in [0.1, 0.15) is 13.1 Å². The monoisotopic (exact) mass is 531 g/mol. The number of rotatable bonds is 5. The summed E-state index contributed by atoms with van der Waals surface area (Å²) < 4.78 is 1.69. The first kappa shape index (κ1) is 24.4. The number of hydrogen-bond donors (Lipinski definition) is 1. The number of carbonyl (C=O) groups is 2. The van der Waals surface area contributed by atoms with Gasteiger partial charge in [-0.3, -0.25) is 14.3 Å². The average molecular weight is 531 g/mol. The smallest absolute Gasteiger partial charge is 0.246 e. The lowest BCUT2D eigenvalue weighted by molar-refractivity contribution is -0.127. The molecule has 1 saturated carbocycles. The third kappa shape index (κ3) is 6.58. The van der Waals surface area contributed by atoms with E-state index in [1.807, 2.05) is 18.1 Å². The normalized spacial score (nSPS) is 18.2. The Kier molecular flexibility index (Phi) is 9.37. The van der Waals surface area contributed by atoms with Crippen LogP contribution in [0.15, 0.2) is 17.4 Å². The molecule has 0 aromatic carbocycles. The molecule has 1 aliphatic heterocycles. The molecule has 2 aliphatic rings. The quantitative estimate of drug-likeness (QED) is 0.352. The van der Waals surface area contributed by atoms with Gasteiger partial charge in [0.15, 0.2) is 5.96 Å². The molecule has 3 rings (SSSR count). The minimum Gasteiger partial charge on any atom is -0.356 e. The maximum Gasteiger partial charge on any atom is 0.246 e. The Labute approximate surface area is 195 Å². The van der Waals surface area contributed by atoms with Crippen LogP contribution in [0.4, 0.5) is 5.69 Å². The predicted octanol–water partition coefficient (Wildman–Crippen LogP) is 1.30. The molecule has 168 valence electrons. The molecule has 30 heavy (non-hydrogen) atoms. The molecular weight excluding hydrogens is 497 g/mol. The average Bonchev–Trinajstić information content (AvgIpc) is 3.14. The number of nitrogens with one attached hydrogen (secondary N) is 1. The maximum atomic E-state index is 12.8. The summed E-state index contributed by atoms with van der Waals surface area (Å²) in [7, 11) is 5.29. The van der Waals surface area contributed by atoms with Crippen LogP contribution in [0.1, 0.15) is 32.1 Å². The van der Waals surface area contributed by atoms with Gasteiger partial charge in [-0.1, -0.05) is 19.3 Å². The zero-order valence-electron chi connectivity index (χ0n) is 18.2. The van der Waals surface area contributed by atoms with Crippen molar-refractivity contribution in [2.75, 3.05) is 51.7 Å². The molecule has 0 unspecified atom stereocenters. The number of anilines is 1. The minimum absolute atomic E-state index is 0. The van der Waals surface area contributed by atoms with Crippen LogP contribution in [0.2, 0.25) is 0 Å². The molecule has 2 fully saturated rings. The summed E-state index contributed by atoms with van der Waals surface area (Å²) in [5.74, 6) is 1.24. The molecule has 1 N–H and O–H groups in total. The molecule has 0 radical (unpaired) electrons. The van der Waals surface area contributed by atoms with Crippen LogP contribution < -0.4 is 10.2 Å². The molecular formula is C20H34IN7O2. The second-order valence-electron chi connectivity index (χ2n) is 8.15. The van der Waals surface area contributed by atoms with E-state index >= 15 is 0 Å². The largest absolute Gasteiger partial charge is 0.356 e. The molecule has 1 aromatic rings. The van der Waals surface area contributed by atoms with Crippen LogP contribution in [-0.2, 0) is 16.6 Å². The van der Waals surface area contributed by atoms with E-state index in [0.717, 1.165) is 12.2 Å². The highest BCUT2D eigenvalue weighted by atomic mass is 127. The molecule has 0 bridgehead atoms. The van der Waals surface area contributed by atoms with Crippen molar-refractivity contribution in [1.29, 1.82) is 0 Å². The lowest BCUT2D eigenvalue weighted by Gasteiger charge is -2.36. The molecule has 1 aliphatic carbocycles. The fourth-order valence-electron chi connectivity index (χ4n) is 3.85. The van der Waals surface area contributed by atoms with Crippen molar-refractivity contribution >= 4 is 47.4 Å². The zero-order valence-corrected chi connectivity index (χ0v) is 20.5. The summed E-state index contributed by atoms with van der Waals surface area (Å²) in [6, 6.07) is 0. The van der Waals surface area contributed by atoms with Gasteiger partial charge in [0.2, 0.25) is 11.8 Å². The van der Waals surface area contributed by atoms with E-state index in [1.165, 1.54) is 37.0 Å². The maximum absolute atomic E-state index is 12.8. The first-order valence-corrected chi connectivity index (χ1v) is 10.5. The fourth-order valence-corrected chi connectivity index (χ4v) is 3.85. The van der Waals surface area contributed by atoms with E-state index in [4.69, 9.17) is 0 Å². The van der Waals surface area contributed by atoms with Crippen molar-refractivity contribution < 1.29 is 9.59 Å². The van der Waals surface area contributed by atoms with Gasteiger partial charge in [0, 0.05) is 47.0 Å². The van der Waals surface area contributed by atoms with E-state index in [9.17, 15) is 9.59 Å². The SMILES string of the molecule is CN(C)C(=O)CN=C(NCC1CCCCC1)N1CCN(c2cnn(C)c2)C(=O)C1.I. The highest BCUT2D eigenvalue weighted by molar-refractivity contribution is 14.0. The van der Waals surface area contributed by atoms with Crippen molar-refractivity contribution in [3.05, 3.63) is 12.4 Å². The third-order valence-electron chi connectivity index (χ3n) is 5.66. The van der Waals surface area contributed by atoms with E-state index < -0.39 is 0 Å². The summed E-state index contributed by atoms with van der Waals surface area (Å²) in [5, 5.41) is 7.61. The van der Waals surface area contributed by atoms with Crippen LogP contribution in [0, 0.1) is 5.92 Å². The number of aryl methyl sites for hydroxylation is 1. The number of amides is 2. The number of likely N-dealkylation sites (N-methyl/N-ethyl adjacent to an activating group) is 1. The topological polar surface area (TPSA) is 86.1 Å². The first-order chi connectivity index (χ1) is 13.9. The molecule has 9 nitrogen and oxygen atoms in total. The van der Waals surface area contributed by atoms with E-state index in [2.05, 4.69) is 15.4 Å². The van der Waals surface area contributed by atoms with Gasteiger partial charge in [-0.2, -0.15) is 5.10 Å². The Morgan fingerprint density at radius 1 is 1.27 bits per heavy atom. The Morgan fingerprint density at radius 2 is 2.00 bits per heavy atom. The number of aromatic nitrogens is 2. The van der Waals surface area contributed by atoms with Crippen LogP contribution in [0.3, 0.4) is 0 Å². The van der Waals surface area contributed by atoms with Gasteiger partial charge in [0.05, 0.1) is 11.9 Å². The Balaban J connectivity index is 0.00000320.